The molecule has 180 valence electrons. The average molecular weight is 495 g/mol. The first-order valence-electron chi connectivity index (χ1n) is 10.2. The molecule has 0 saturated carbocycles. The van der Waals surface area contributed by atoms with Gasteiger partial charge in [0.25, 0.3) is 5.91 Å². The first-order chi connectivity index (χ1) is 15.9. The third-order valence-corrected chi connectivity index (χ3v) is 5.91. The summed E-state index contributed by atoms with van der Waals surface area (Å²) in [6.07, 6.45) is -4.46. The zero-order valence-electron chi connectivity index (χ0n) is 18.1. The van der Waals surface area contributed by atoms with Crippen molar-refractivity contribution in [1.82, 2.24) is 5.32 Å². The van der Waals surface area contributed by atoms with Crippen LogP contribution in [0.25, 0.3) is 10.8 Å². The molecule has 0 spiro atoms. The minimum atomic E-state index is -4.51. The van der Waals surface area contributed by atoms with E-state index in [2.05, 4.69) is 17.9 Å². The highest BCUT2D eigenvalue weighted by Gasteiger charge is 2.35. The summed E-state index contributed by atoms with van der Waals surface area (Å²) in [5.74, 6) is -2.98. The standard InChI is InChI=1S/C24H21F4NO4S/c1-3-23(2,22(31)32)29-20(30)17-12-18(25)15-6-4-5-7-16(15)19(17)33-21(34)13-8-10-14(11-9-13)24(26,27)28/h4-12,21,34H,3H2,1-2H3,(H,29,30)(H,31,32). The van der Waals surface area contributed by atoms with Gasteiger partial charge in [-0.3, -0.25) is 4.79 Å². The maximum absolute atomic E-state index is 14.8. The Balaban J connectivity index is 2.05. The lowest BCUT2D eigenvalue weighted by Crippen LogP contribution is -2.51. The number of carboxylic acid groups (broad SMARTS) is 1. The highest BCUT2D eigenvalue weighted by molar-refractivity contribution is 7.80. The Morgan fingerprint density at radius 3 is 2.21 bits per heavy atom. The van der Waals surface area contributed by atoms with E-state index in [-0.39, 0.29) is 34.1 Å². The van der Waals surface area contributed by atoms with E-state index in [1.54, 1.807) is 19.1 Å². The maximum atomic E-state index is 14.8. The Bertz CT molecular complexity index is 1230. The monoisotopic (exact) mass is 495 g/mol. The number of hydrogen-bond acceptors (Lipinski definition) is 4. The second-order valence-electron chi connectivity index (χ2n) is 7.82. The van der Waals surface area contributed by atoms with Crippen LogP contribution in [0.1, 0.15) is 47.2 Å². The van der Waals surface area contributed by atoms with Gasteiger partial charge in [0.2, 0.25) is 0 Å². The van der Waals surface area contributed by atoms with Crippen LogP contribution in [0.3, 0.4) is 0 Å². The summed E-state index contributed by atoms with van der Waals surface area (Å²) in [5, 5.41) is 12.2. The number of rotatable bonds is 7. The highest BCUT2D eigenvalue weighted by atomic mass is 32.1. The van der Waals surface area contributed by atoms with E-state index in [0.717, 1.165) is 18.2 Å². The van der Waals surface area contributed by atoms with Crippen LogP contribution < -0.4 is 10.1 Å². The Labute approximate surface area is 198 Å². The molecule has 10 heteroatoms. The largest absolute Gasteiger partial charge is 0.480 e. The minimum Gasteiger partial charge on any atom is -0.480 e. The van der Waals surface area contributed by atoms with Crippen molar-refractivity contribution in [3.63, 3.8) is 0 Å². The molecule has 3 aromatic rings. The molecule has 34 heavy (non-hydrogen) atoms. The van der Waals surface area contributed by atoms with Gasteiger partial charge in [0.15, 0.2) is 5.44 Å². The van der Waals surface area contributed by atoms with Crippen molar-refractivity contribution >= 4 is 35.3 Å². The van der Waals surface area contributed by atoms with Crippen LogP contribution in [0.2, 0.25) is 0 Å². The van der Waals surface area contributed by atoms with Crippen LogP contribution in [-0.4, -0.2) is 22.5 Å². The highest BCUT2D eigenvalue weighted by Crippen LogP contribution is 2.37. The van der Waals surface area contributed by atoms with Crippen molar-refractivity contribution in [2.45, 2.75) is 37.4 Å². The number of alkyl halides is 3. The number of aliphatic carboxylic acids is 1. The lowest BCUT2D eigenvalue weighted by atomic mass is 9.97. The molecule has 0 radical (unpaired) electrons. The SMILES string of the molecule is CCC(C)(NC(=O)c1cc(F)c2ccccc2c1OC(S)c1ccc(C(F)(F)F)cc1)C(=O)O. The second kappa shape index (κ2) is 9.54. The van der Waals surface area contributed by atoms with Gasteiger partial charge in [-0.25, -0.2) is 9.18 Å². The number of ether oxygens (including phenoxy) is 1. The molecule has 2 unspecified atom stereocenters. The van der Waals surface area contributed by atoms with Gasteiger partial charge >= 0.3 is 12.1 Å². The topological polar surface area (TPSA) is 75.6 Å². The van der Waals surface area contributed by atoms with Crippen LogP contribution in [0.5, 0.6) is 5.75 Å². The van der Waals surface area contributed by atoms with Crippen molar-refractivity contribution in [3.8, 4) is 5.75 Å². The van der Waals surface area contributed by atoms with Crippen molar-refractivity contribution in [2.75, 3.05) is 0 Å². The molecule has 0 bridgehead atoms. The molecule has 0 heterocycles. The molecule has 3 rings (SSSR count). The Kier molecular flexibility index (Phi) is 7.11. The number of hydrogen-bond donors (Lipinski definition) is 3. The van der Waals surface area contributed by atoms with E-state index in [9.17, 15) is 32.3 Å². The van der Waals surface area contributed by atoms with Gasteiger partial charge in [-0.05, 0) is 31.5 Å². The maximum Gasteiger partial charge on any atom is 0.416 e. The Hall–Kier alpha value is -3.27. The number of carbonyl (C=O) groups is 2. The third kappa shape index (κ3) is 5.11. The average Bonchev–Trinajstić information content (AvgIpc) is 2.79. The van der Waals surface area contributed by atoms with Crippen LogP contribution in [0.4, 0.5) is 17.6 Å². The number of amides is 1. The number of halogens is 4. The molecule has 0 aliphatic carbocycles. The number of benzene rings is 3. The van der Waals surface area contributed by atoms with E-state index in [1.165, 1.54) is 31.2 Å². The Morgan fingerprint density at radius 2 is 1.68 bits per heavy atom. The molecule has 1 amide bonds. The molecule has 0 aliphatic heterocycles. The number of thiol groups is 1. The molecular formula is C24H21F4NO4S. The second-order valence-corrected chi connectivity index (χ2v) is 8.28. The summed E-state index contributed by atoms with van der Waals surface area (Å²) in [7, 11) is 0. The van der Waals surface area contributed by atoms with E-state index in [0.29, 0.717) is 0 Å². The minimum absolute atomic E-state index is 0.0566. The molecule has 3 aromatic carbocycles. The van der Waals surface area contributed by atoms with Gasteiger partial charge in [-0.15, -0.1) is 12.6 Å². The van der Waals surface area contributed by atoms with Gasteiger partial charge in [-0.2, -0.15) is 13.2 Å². The number of carboxylic acids is 1. The van der Waals surface area contributed by atoms with Crippen LogP contribution in [0.15, 0.2) is 54.6 Å². The number of fused-ring (bicyclic) bond motifs is 1. The van der Waals surface area contributed by atoms with E-state index >= 15 is 0 Å². The molecule has 0 saturated heterocycles. The first kappa shape index (κ1) is 25.4. The third-order valence-electron chi connectivity index (χ3n) is 5.51. The van der Waals surface area contributed by atoms with E-state index in [1.807, 2.05) is 0 Å². The molecule has 2 N–H and O–H groups in total. The predicted octanol–water partition coefficient (Wildman–Crippen LogP) is 5.99. The molecule has 5 nitrogen and oxygen atoms in total. The summed E-state index contributed by atoms with van der Waals surface area (Å²) in [6, 6.07) is 11.2. The van der Waals surface area contributed by atoms with Gasteiger partial charge in [0.05, 0.1) is 11.1 Å². The quantitative estimate of drug-likeness (QED) is 0.214. The van der Waals surface area contributed by atoms with Gasteiger partial charge in [0, 0.05) is 16.3 Å². The van der Waals surface area contributed by atoms with Gasteiger partial charge in [-0.1, -0.05) is 43.3 Å². The smallest absolute Gasteiger partial charge is 0.416 e. The molecule has 0 aromatic heterocycles. The lowest BCUT2D eigenvalue weighted by Gasteiger charge is -2.26. The normalized spacial score (nSPS) is 14.3. The first-order valence-corrected chi connectivity index (χ1v) is 10.7. The number of carbonyl (C=O) groups excluding carboxylic acids is 1. The fraction of sp³-hybridized carbons (Fsp3) is 0.250. The summed E-state index contributed by atoms with van der Waals surface area (Å²) >= 11 is 4.32. The molecule has 2 atom stereocenters. The summed E-state index contributed by atoms with van der Waals surface area (Å²) < 4.78 is 59.3. The van der Waals surface area contributed by atoms with Crippen molar-refractivity contribution in [2.24, 2.45) is 0 Å². The Morgan fingerprint density at radius 1 is 1.09 bits per heavy atom. The molecule has 0 aliphatic rings. The predicted molar refractivity (Wildman–Crippen MR) is 122 cm³/mol. The fourth-order valence-electron chi connectivity index (χ4n) is 3.23. The summed E-state index contributed by atoms with van der Waals surface area (Å²) in [4.78, 5) is 24.7. The zero-order valence-corrected chi connectivity index (χ0v) is 19.0. The summed E-state index contributed by atoms with van der Waals surface area (Å²) in [6.45, 7) is 2.88. The zero-order chi connectivity index (χ0) is 25.3. The van der Waals surface area contributed by atoms with Crippen molar-refractivity contribution in [1.29, 1.82) is 0 Å². The van der Waals surface area contributed by atoms with E-state index < -0.39 is 40.4 Å². The van der Waals surface area contributed by atoms with E-state index in [4.69, 9.17) is 4.74 Å². The van der Waals surface area contributed by atoms with Gasteiger partial charge in [0.1, 0.15) is 17.1 Å². The molecular weight excluding hydrogens is 474 g/mol. The van der Waals surface area contributed by atoms with Crippen LogP contribution >= 0.6 is 12.6 Å². The number of nitrogens with one attached hydrogen (secondary N) is 1. The van der Waals surface area contributed by atoms with Crippen molar-refractivity contribution in [3.05, 3.63) is 77.1 Å². The van der Waals surface area contributed by atoms with Crippen LogP contribution in [0, 0.1) is 5.82 Å². The lowest BCUT2D eigenvalue weighted by molar-refractivity contribution is -0.144. The van der Waals surface area contributed by atoms with Crippen LogP contribution in [-0.2, 0) is 11.0 Å². The fourth-order valence-corrected chi connectivity index (χ4v) is 3.51. The van der Waals surface area contributed by atoms with Gasteiger partial charge < -0.3 is 15.2 Å². The summed E-state index contributed by atoms with van der Waals surface area (Å²) in [5.41, 5.74) is -3.59. The van der Waals surface area contributed by atoms with Crippen molar-refractivity contribution < 1.29 is 37.0 Å². The molecule has 0 fully saturated rings.